The highest BCUT2D eigenvalue weighted by molar-refractivity contribution is 6.59. The third-order valence-corrected chi connectivity index (χ3v) is 8.16. The molecule has 0 radical (unpaired) electrons. The maximum Gasteiger partial charge on any atom is 0.737 e. The molecular formula is C31H39BF2N4O5. The van der Waals surface area contributed by atoms with Gasteiger partial charge in [-0.3, -0.25) is 9.69 Å². The van der Waals surface area contributed by atoms with Crippen LogP contribution in [-0.2, 0) is 19.1 Å². The molecule has 4 rings (SSSR count). The Morgan fingerprint density at radius 2 is 1.51 bits per heavy atom. The number of anilines is 1. The molecule has 1 N–H and O–H groups in total. The number of likely N-dealkylation sites (N-methyl/N-ethyl adjacent to an activating group) is 1. The Kier molecular flexibility index (Phi) is 9.10. The first kappa shape index (κ1) is 31.9. The van der Waals surface area contributed by atoms with Gasteiger partial charge < -0.3 is 32.4 Å². The number of nitrogens with one attached hydrogen (secondary N) is 1. The second kappa shape index (κ2) is 12.3. The van der Waals surface area contributed by atoms with Gasteiger partial charge in [0.05, 0.1) is 30.9 Å². The highest BCUT2D eigenvalue weighted by Crippen LogP contribution is 2.47. The molecule has 0 saturated carbocycles. The molecular weight excluding hydrogens is 557 g/mol. The van der Waals surface area contributed by atoms with E-state index in [1.165, 1.54) is 13.8 Å². The van der Waals surface area contributed by atoms with Crippen LogP contribution in [0.4, 0.5) is 14.3 Å². The molecule has 0 atom stereocenters. The van der Waals surface area contributed by atoms with E-state index < -0.39 is 18.9 Å². The Bertz CT molecular complexity index is 1580. The van der Waals surface area contributed by atoms with Gasteiger partial charge >= 0.3 is 18.9 Å². The van der Waals surface area contributed by atoms with E-state index in [0.29, 0.717) is 28.0 Å². The molecule has 2 aliphatic heterocycles. The summed E-state index contributed by atoms with van der Waals surface area (Å²) in [6.07, 6.45) is 0. The first-order valence-electron chi connectivity index (χ1n) is 14.6. The van der Waals surface area contributed by atoms with Crippen molar-refractivity contribution in [3.8, 4) is 0 Å². The van der Waals surface area contributed by atoms with Gasteiger partial charge in [0.25, 0.3) is 0 Å². The normalized spacial score (nSPS) is 15.6. The molecule has 1 amide bonds. The zero-order valence-corrected chi connectivity index (χ0v) is 26.1. The third-order valence-electron chi connectivity index (χ3n) is 8.16. The number of hydrogen-bond donors (Lipinski definition) is 1. The molecule has 9 nitrogen and oxygen atoms in total. The van der Waals surface area contributed by atoms with Gasteiger partial charge in [0.1, 0.15) is 11.3 Å². The van der Waals surface area contributed by atoms with Crippen molar-refractivity contribution in [1.29, 1.82) is 0 Å². The van der Waals surface area contributed by atoms with Crippen LogP contribution in [0.15, 0.2) is 41.1 Å². The summed E-state index contributed by atoms with van der Waals surface area (Å²) in [7, 11) is 0. The molecule has 43 heavy (non-hydrogen) atoms. The van der Waals surface area contributed by atoms with Gasteiger partial charge in [0.15, 0.2) is 5.70 Å². The molecule has 230 valence electrons. The average molecular weight is 596 g/mol. The number of ether oxygens (including phenoxy) is 2. The lowest BCUT2D eigenvalue weighted by Crippen LogP contribution is -2.51. The van der Waals surface area contributed by atoms with Crippen LogP contribution >= 0.6 is 0 Å². The molecule has 0 aliphatic carbocycles. The monoisotopic (exact) mass is 596 g/mol. The van der Waals surface area contributed by atoms with Crippen molar-refractivity contribution in [3.05, 3.63) is 69.2 Å². The topological polar surface area (TPSA) is 92.9 Å². The Hall–Kier alpha value is -4.06. The van der Waals surface area contributed by atoms with E-state index in [0.717, 1.165) is 22.1 Å². The summed E-state index contributed by atoms with van der Waals surface area (Å²) in [5, 5.41) is 2.89. The summed E-state index contributed by atoms with van der Waals surface area (Å²) >= 11 is 0. The van der Waals surface area contributed by atoms with E-state index in [1.54, 1.807) is 52.0 Å². The number of nitrogens with zero attached hydrogens (tertiary/aromatic N) is 3. The number of carbonyl (C=O) groups excluding carboxylic acids is 3. The number of hydrogen-bond acceptors (Lipinski definition) is 6. The number of aromatic nitrogens is 1. The van der Waals surface area contributed by atoms with Gasteiger partial charge in [-0.25, -0.2) is 9.59 Å². The summed E-state index contributed by atoms with van der Waals surface area (Å²) in [6, 6.07) is 6.91. The van der Waals surface area contributed by atoms with Crippen LogP contribution in [0, 0.1) is 13.8 Å². The quantitative estimate of drug-likeness (QED) is 0.309. The summed E-state index contributed by atoms with van der Waals surface area (Å²) in [5.41, 5.74) is 2.93. The summed E-state index contributed by atoms with van der Waals surface area (Å²) in [4.78, 5) is 40.6. The van der Waals surface area contributed by atoms with Crippen LogP contribution in [0.25, 0.3) is 5.57 Å². The molecule has 1 aromatic heterocycles. The van der Waals surface area contributed by atoms with Crippen molar-refractivity contribution in [2.75, 3.05) is 38.2 Å². The second-order valence-electron chi connectivity index (χ2n) is 10.6. The SMILES string of the molecule is CCOC(=O)C1=C(C)C2=C(c3ccc(NC(=O)CN(CC)CC)cc3)c3c(C)c(C(=O)OCC)c(C)n3[B-](F)(F)[N+]2=C1C. The molecule has 0 spiro atoms. The zero-order chi connectivity index (χ0) is 31.8. The fourth-order valence-corrected chi connectivity index (χ4v) is 6.19. The van der Waals surface area contributed by atoms with Crippen LogP contribution in [0.1, 0.15) is 74.4 Å². The fraction of sp³-hybridized carbons (Fsp3) is 0.419. The minimum absolute atomic E-state index is 0.0721. The van der Waals surface area contributed by atoms with E-state index in [1.807, 2.05) is 18.7 Å². The van der Waals surface area contributed by atoms with Crippen molar-refractivity contribution >= 4 is 41.8 Å². The maximum absolute atomic E-state index is 16.7. The number of rotatable bonds is 10. The molecule has 0 fully saturated rings. The predicted molar refractivity (Wildman–Crippen MR) is 162 cm³/mol. The van der Waals surface area contributed by atoms with Crippen LogP contribution in [-0.4, -0.2) is 77.2 Å². The number of fused-ring (bicyclic) bond motifs is 2. The van der Waals surface area contributed by atoms with Gasteiger partial charge in [0.2, 0.25) is 5.91 Å². The van der Waals surface area contributed by atoms with Gasteiger partial charge in [-0.1, -0.05) is 26.0 Å². The Morgan fingerprint density at radius 3 is 2.07 bits per heavy atom. The number of carbonyl (C=O) groups is 3. The second-order valence-corrected chi connectivity index (χ2v) is 10.6. The minimum atomic E-state index is -4.52. The smallest absolute Gasteiger partial charge is 0.462 e. The maximum atomic E-state index is 16.7. The minimum Gasteiger partial charge on any atom is -0.462 e. The molecule has 2 aliphatic rings. The first-order valence-corrected chi connectivity index (χ1v) is 14.6. The molecule has 2 aromatic rings. The van der Waals surface area contributed by atoms with Crippen molar-refractivity contribution < 1.29 is 37.0 Å². The molecule has 0 saturated heterocycles. The fourth-order valence-electron chi connectivity index (χ4n) is 6.19. The van der Waals surface area contributed by atoms with E-state index in [-0.39, 0.29) is 59.6 Å². The number of esters is 2. The number of halogens is 2. The highest BCUT2D eigenvalue weighted by Gasteiger charge is 2.58. The summed E-state index contributed by atoms with van der Waals surface area (Å²) in [5.74, 6) is -1.52. The van der Waals surface area contributed by atoms with Gasteiger partial charge in [-0.15, -0.1) is 0 Å². The van der Waals surface area contributed by atoms with Gasteiger partial charge in [-0.2, -0.15) is 0 Å². The van der Waals surface area contributed by atoms with E-state index in [9.17, 15) is 14.4 Å². The molecule has 1 aromatic carbocycles. The van der Waals surface area contributed by atoms with Crippen LogP contribution in [0.2, 0.25) is 0 Å². The summed E-state index contributed by atoms with van der Waals surface area (Å²) < 4.78 is 45.7. The van der Waals surface area contributed by atoms with Crippen LogP contribution < -0.4 is 5.32 Å². The Morgan fingerprint density at radius 1 is 0.930 bits per heavy atom. The summed E-state index contributed by atoms with van der Waals surface area (Å²) in [6.45, 7) is 10.9. The van der Waals surface area contributed by atoms with E-state index in [4.69, 9.17) is 9.47 Å². The lowest BCUT2D eigenvalue weighted by molar-refractivity contribution is -0.363. The van der Waals surface area contributed by atoms with Gasteiger partial charge in [0, 0.05) is 23.9 Å². The zero-order valence-electron chi connectivity index (χ0n) is 26.1. The first-order chi connectivity index (χ1) is 20.3. The highest BCUT2D eigenvalue weighted by atomic mass is 19.2. The molecule has 0 unspecified atom stereocenters. The Labute approximate surface area is 250 Å². The van der Waals surface area contributed by atoms with Crippen molar-refractivity contribution in [1.82, 2.24) is 9.38 Å². The van der Waals surface area contributed by atoms with Crippen LogP contribution in [0.5, 0.6) is 0 Å². The van der Waals surface area contributed by atoms with E-state index >= 15 is 8.63 Å². The molecule has 12 heteroatoms. The molecule has 3 heterocycles. The Balaban J connectivity index is 1.96. The largest absolute Gasteiger partial charge is 0.737 e. The number of amides is 1. The lowest BCUT2D eigenvalue weighted by Gasteiger charge is -2.34. The molecule has 0 bridgehead atoms. The van der Waals surface area contributed by atoms with Crippen LogP contribution in [0.3, 0.4) is 0 Å². The van der Waals surface area contributed by atoms with Crippen molar-refractivity contribution in [2.24, 2.45) is 0 Å². The van der Waals surface area contributed by atoms with Crippen molar-refractivity contribution in [2.45, 2.75) is 55.4 Å². The third kappa shape index (κ3) is 5.33. The van der Waals surface area contributed by atoms with Crippen molar-refractivity contribution in [3.63, 3.8) is 0 Å². The number of benzene rings is 1. The van der Waals surface area contributed by atoms with Gasteiger partial charge in [-0.05, 0) is 76.7 Å². The number of allylic oxidation sites excluding steroid dienone is 1. The average Bonchev–Trinajstić information content (AvgIpc) is 3.38. The van der Waals surface area contributed by atoms with E-state index in [2.05, 4.69) is 5.32 Å². The predicted octanol–water partition coefficient (Wildman–Crippen LogP) is 4.92. The standard InChI is InChI=1S/C31H39BF2N4O5/c1-9-36(10-2)17-24(39)35-23-15-13-22(14-16-23)27-28-18(5)25(30(40)42-11-3)20(7)37(28)32(33,34)38-21(8)26(19(6)29(27)38)31(41)43-12-4/h13-16H,9-12,17H2,1-8H3,(H,35,39). The lowest BCUT2D eigenvalue weighted by atomic mass is 9.83.